The molecular weight excluding hydrogens is 363 g/mol. The molecule has 0 bridgehead atoms. The summed E-state index contributed by atoms with van der Waals surface area (Å²) in [7, 11) is 0. The Bertz CT molecular complexity index is 581. The first-order valence-corrected chi connectivity index (χ1v) is 6.71. The number of rotatable bonds is 2. The molecule has 2 aromatic rings. The predicted molar refractivity (Wildman–Crippen MR) is 81.1 cm³/mol. The number of nitrogens with zero attached hydrogens (tertiary/aromatic N) is 1. The molecule has 0 aliphatic rings. The zero-order valence-corrected chi connectivity index (χ0v) is 12.5. The molecule has 1 N–H and O–H groups in total. The van der Waals surface area contributed by atoms with Crippen molar-refractivity contribution in [3.63, 3.8) is 0 Å². The van der Waals surface area contributed by atoms with Crippen molar-refractivity contribution in [2.45, 2.75) is 6.92 Å². The highest BCUT2D eigenvalue weighted by molar-refractivity contribution is 14.1. The number of nitrogens with one attached hydrogen (secondary N) is 1. The molecule has 0 aliphatic carbocycles. The summed E-state index contributed by atoms with van der Waals surface area (Å²) in [5.74, 6) is -0.188. The molecule has 0 aliphatic heterocycles. The van der Waals surface area contributed by atoms with Gasteiger partial charge < -0.3 is 5.32 Å². The predicted octanol–water partition coefficient (Wildman–Crippen LogP) is 3.90. The summed E-state index contributed by atoms with van der Waals surface area (Å²) >= 11 is 8.13. The normalized spacial score (nSPS) is 10.2. The maximum absolute atomic E-state index is 12.1. The van der Waals surface area contributed by atoms with Gasteiger partial charge in [0.05, 0.1) is 5.69 Å². The number of carbonyl (C=O) groups excluding carboxylic acids is 1. The van der Waals surface area contributed by atoms with E-state index in [1.807, 2.05) is 25.1 Å². The van der Waals surface area contributed by atoms with E-state index in [0.717, 1.165) is 9.13 Å². The molecule has 18 heavy (non-hydrogen) atoms. The van der Waals surface area contributed by atoms with Gasteiger partial charge in [0.15, 0.2) is 5.15 Å². The van der Waals surface area contributed by atoms with Crippen LogP contribution in [0.3, 0.4) is 0 Å². The molecule has 0 saturated carbocycles. The fourth-order valence-electron chi connectivity index (χ4n) is 1.49. The molecule has 0 spiro atoms. The van der Waals surface area contributed by atoms with E-state index in [0.29, 0.717) is 16.4 Å². The molecule has 1 aromatic carbocycles. The smallest absolute Gasteiger partial charge is 0.255 e. The van der Waals surface area contributed by atoms with Crippen LogP contribution in [0.5, 0.6) is 0 Å². The van der Waals surface area contributed by atoms with Crippen LogP contribution in [-0.4, -0.2) is 10.9 Å². The van der Waals surface area contributed by atoms with Crippen molar-refractivity contribution in [1.29, 1.82) is 0 Å². The average molecular weight is 373 g/mol. The van der Waals surface area contributed by atoms with E-state index < -0.39 is 0 Å². The number of halogens is 2. The molecule has 3 nitrogen and oxygen atoms in total. The fraction of sp³-hybridized carbons (Fsp3) is 0.0769. The minimum Gasteiger partial charge on any atom is -0.319 e. The molecule has 0 unspecified atom stereocenters. The van der Waals surface area contributed by atoms with Crippen LogP contribution in [0.25, 0.3) is 0 Å². The standard InChI is InChI=1S/C13H10ClIN2O/c1-8-5-6-16-12(14)11(8)17-13(18)9-3-2-4-10(15)7-9/h2-7H,1H3,(H,17,18). The highest BCUT2D eigenvalue weighted by atomic mass is 127. The van der Waals surface area contributed by atoms with Gasteiger partial charge in [0, 0.05) is 15.3 Å². The first-order valence-electron chi connectivity index (χ1n) is 5.26. The third kappa shape index (κ3) is 3.00. The monoisotopic (exact) mass is 372 g/mol. The summed E-state index contributed by atoms with van der Waals surface area (Å²) in [6.45, 7) is 1.87. The van der Waals surface area contributed by atoms with Crippen LogP contribution in [0.4, 0.5) is 5.69 Å². The van der Waals surface area contributed by atoms with Crippen LogP contribution in [0.1, 0.15) is 15.9 Å². The number of pyridine rings is 1. The van der Waals surface area contributed by atoms with Crippen molar-refractivity contribution in [2.24, 2.45) is 0 Å². The summed E-state index contributed by atoms with van der Waals surface area (Å²) in [6.07, 6.45) is 1.61. The van der Waals surface area contributed by atoms with Gasteiger partial charge in [-0.05, 0) is 59.3 Å². The van der Waals surface area contributed by atoms with E-state index in [2.05, 4.69) is 32.9 Å². The summed E-state index contributed by atoms with van der Waals surface area (Å²) in [4.78, 5) is 16.0. The second kappa shape index (κ2) is 5.67. The summed E-state index contributed by atoms with van der Waals surface area (Å²) in [5.41, 5.74) is 2.04. The quantitative estimate of drug-likeness (QED) is 0.642. The molecule has 1 heterocycles. The first-order chi connectivity index (χ1) is 8.58. The van der Waals surface area contributed by atoms with Crippen LogP contribution < -0.4 is 5.32 Å². The number of amides is 1. The fourth-order valence-corrected chi connectivity index (χ4v) is 2.29. The Morgan fingerprint density at radius 2 is 2.17 bits per heavy atom. The van der Waals surface area contributed by atoms with E-state index in [-0.39, 0.29) is 5.91 Å². The highest BCUT2D eigenvalue weighted by Gasteiger charge is 2.11. The maximum Gasteiger partial charge on any atom is 0.255 e. The van der Waals surface area contributed by atoms with Gasteiger partial charge in [-0.3, -0.25) is 4.79 Å². The minimum absolute atomic E-state index is 0.188. The number of hydrogen-bond acceptors (Lipinski definition) is 2. The molecule has 0 atom stereocenters. The minimum atomic E-state index is -0.188. The van der Waals surface area contributed by atoms with E-state index in [9.17, 15) is 4.79 Å². The van der Waals surface area contributed by atoms with Crippen molar-refractivity contribution < 1.29 is 4.79 Å². The van der Waals surface area contributed by atoms with Gasteiger partial charge in [0.1, 0.15) is 0 Å². The molecule has 0 radical (unpaired) electrons. The molecule has 2 rings (SSSR count). The Kier molecular flexibility index (Phi) is 4.19. The van der Waals surface area contributed by atoms with Crippen molar-refractivity contribution in [2.75, 3.05) is 5.32 Å². The first kappa shape index (κ1) is 13.3. The number of hydrogen-bond donors (Lipinski definition) is 1. The van der Waals surface area contributed by atoms with Gasteiger partial charge in [-0.2, -0.15) is 0 Å². The number of benzene rings is 1. The Hall–Kier alpha value is -1.14. The SMILES string of the molecule is Cc1ccnc(Cl)c1NC(=O)c1cccc(I)c1. The zero-order valence-electron chi connectivity index (χ0n) is 9.58. The topological polar surface area (TPSA) is 42.0 Å². The Balaban J connectivity index is 2.27. The molecule has 1 aromatic heterocycles. The van der Waals surface area contributed by atoms with Gasteiger partial charge in [-0.1, -0.05) is 17.7 Å². The van der Waals surface area contributed by atoms with E-state index in [4.69, 9.17) is 11.6 Å². The number of aromatic nitrogens is 1. The van der Waals surface area contributed by atoms with Gasteiger partial charge in [-0.25, -0.2) is 4.98 Å². The largest absolute Gasteiger partial charge is 0.319 e. The maximum atomic E-state index is 12.1. The van der Waals surface area contributed by atoms with Gasteiger partial charge >= 0.3 is 0 Å². The highest BCUT2D eigenvalue weighted by Crippen LogP contribution is 2.23. The summed E-state index contributed by atoms with van der Waals surface area (Å²) < 4.78 is 1.01. The van der Waals surface area contributed by atoms with E-state index >= 15 is 0 Å². The van der Waals surface area contributed by atoms with E-state index in [1.165, 1.54) is 0 Å². The third-order valence-electron chi connectivity index (χ3n) is 2.44. The second-order valence-corrected chi connectivity index (χ2v) is 5.36. The van der Waals surface area contributed by atoms with Crippen LogP contribution in [0.15, 0.2) is 36.5 Å². The third-order valence-corrected chi connectivity index (χ3v) is 3.40. The lowest BCUT2D eigenvalue weighted by molar-refractivity contribution is 0.102. The van der Waals surface area contributed by atoms with Gasteiger partial charge in [0.25, 0.3) is 5.91 Å². The van der Waals surface area contributed by atoms with Crippen LogP contribution >= 0.6 is 34.2 Å². The average Bonchev–Trinajstić information content (AvgIpc) is 2.34. The Morgan fingerprint density at radius 3 is 2.83 bits per heavy atom. The van der Waals surface area contributed by atoms with Crippen molar-refractivity contribution in [1.82, 2.24) is 4.98 Å². The lowest BCUT2D eigenvalue weighted by atomic mass is 10.2. The molecule has 0 saturated heterocycles. The van der Waals surface area contributed by atoms with Crippen LogP contribution in [-0.2, 0) is 0 Å². The van der Waals surface area contributed by atoms with Gasteiger partial charge in [-0.15, -0.1) is 0 Å². The summed E-state index contributed by atoms with van der Waals surface area (Å²) in [5, 5.41) is 3.09. The van der Waals surface area contributed by atoms with Crippen molar-refractivity contribution in [3.8, 4) is 0 Å². The zero-order chi connectivity index (χ0) is 13.1. The second-order valence-electron chi connectivity index (χ2n) is 3.76. The van der Waals surface area contributed by atoms with Crippen LogP contribution in [0.2, 0.25) is 5.15 Å². The van der Waals surface area contributed by atoms with Crippen LogP contribution in [0, 0.1) is 10.5 Å². The number of carbonyl (C=O) groups is 1. The van der Waals surface area contributed by atoms with Gasteiger partial charge in [0.2, 0.25) is 0 Å². The summed E-state index contributed by atoms with van der Waals surface area (Å²) in [6, 6.07) is 9.15. The number of anilines is 1. The molecular formula is C13H10ClIN2O. The van der Waals surface area contributed by atoms with Crippen molar-refractivity contribution in [3.05, 3.63) is 56.4 Å². The molecule has 92 valence electrons. The lowest BCUT2D eigenvalue weighted by Gasteiger charge is -2.09. The van der Waals surface area contributed by atoms with E-state index in [1.54, 1.807) is 18.3 Å². The molecule has 0 fully saturated rings. The molecule has 1 amide bonds. The lowest BCUT2D eigenvalue weighted by Crippen LogP contribution is -2.13. The Labute approximate surface area is 124 Å². The van der Waals surface area contributed by atoms with Crippen molar-refractivity contribution >= 4 is 45.8 Å². The molecule has 5 heteroatoms. The Morgan fingerprint density at radius 1 is 1.39 bits per heavy atom. The number of aryl methyl sites for hydroxylation is 1.